The number of aryl methyl sites for hydroxylation is 2. The second-order valence-corrected chi connectivity index (χ2v) is 6.05. The van der Waals surface area contributed by atoms with E-state index < -0.39 is 0 Å². The van der Waals surface area contributed by atoms with Crippen molar-refractivity contribution in [3.8, 4) is 17.1 Å². The molecule has 1 aromatic carbocycles. The summed E-state index contributed by atoms with van der Waals surface area (Å²) in [6, 6.07) is 9.10. The van der Waals surface area contributed by atoms with Gasteiger partial charge in [-0.25, -0.2) is 4.68 Å². The van der Waals surface area contributed by atoms with E-state index >= 15 is 0 Å². The number of anilines is 1. The number of tetrazole rings is 1. The van der Waals surface area contributed by atoms with Crippen molar-refractivity contribution in [2.45, 2.75) is 19.8 Å². The van der Waals surface area contributed by atoms with Crippen LogP contribution in [0.5, 0.6) is 0 Å². The van der Waals surface area contributed by atoms with Crippen molar-refractivity contribution in [1.82, 2.24) is 35.3 Å². The molecule has 1 amide bonds. The molecule has 0 atom stereocenters. The fourth-order valence-corrected chi connectivity index (χ4v) is 2.68. The molecule has 140 valence electrons. The maximum atomic E-state index is 12.2. The van der Waals surface area contributed by atoms with Gasteiger partial charge in [-0.1, -0.05) is 5.16 Å². The third-order valence-electron chi connectivity index (χ3n) is 4.05. The number of nitrogens with one attached hydrogen (secondary N) is 1. The van der Waals surface area contributed by atoms with E-state index in [2.05, 4.69) is 36.0 Å². The minimum Gasteiger partial charge on any atom is -0.339 e. The first-order valence-electron chi connectivity index (χ1n) is 8.56. The van der Waals surface area contributed by atoms with Crippen LogP contribution in [0.1, 0.15) is 17.9 Å². The summed E-state index contributed by atoms with van der Waals surface area (Å²) in [5.74, 6) is 0.747. The van der Waals surface area contributed by atoms with Gasteiger partial charge in [0.15, 0.2) is 0 Å². The van der Waals surface area contributed by atoms with Gasteiger partial charge in [-0.05, 0) is 53.2 Å². The molecule has 10 nitrogen and oxygen atoms in total. The average molecular weight is 376 g/mol. The van der Waals surface area contributed by atoms with Gasteiger partial charge in [0.25, 0.3) is 0 Å². The number of pyridine rings is 1. The van der Waals surface area contributed by atoms with E-state index in [1.54, 1.807) is 35.3 Å². The number of hydrogen-bond acceptors (Lipinski definition) is 8. The molecule has 0 fully saturated rings. The van der Waals surface area contributed by atoms with Crippen molar-refractivity contribution >= 4 is 11.6 Å². The second kappa shape index (κ2) is 7.74. The van der Waals surface area contributed by atoms with Crippen LogP contribution in [-0.2, 0) is 11.2 Å². The Kier molecular flexibility index (Phi) is 4.83. The summed E-state index contributed by atoms with van der Waals surface area (Å²) in [6.45, 7) is 1.92. The zero-order valence-corrected chi connectivity index (χ0v) is 15.0. The number of carbonyl (C=O) groups is 1. The molecule has 0 aliphatic carbocycles. The Hall–Kier alpha value is -3.95. The van der Waals surface area contributed by atoms with E-state index in [1.807, 2.05) is 19.1 Å². The molecular formula is C18H16N8O2. The third-order valence-corrected chi connectivity index (χ3v) is 4.05. The topological polar surface area (TPSA) is 125 Å². The first-order chi connectivity index (χ1) is 13.7. The normalized spacial score (nSPS) is 10.8. The maximum Gasteiger partial charge on any atom is 0.227 e. The van der Waals surface area contributed by atoms with E-state index in [0.29, 0.717) is 23.8 Å². The van der Waals surface area contributed by atoms with Crippen LogP contribution in [0.4, 0.5) is 5.69 Å². The van der Waals surface area contributed by atoms with Crippen molar-refractivity contribution in [2.24, 2.45) is 0 Å². The Morgan fingerprint density at radius 3 is 2.82 bits per heavy atom. The lowest BCUT2D eigenvalue weighted by molar-refractivity contribution is -0.116. The van der Waals surface area contributed by atoms with Crippen molar-refractivity contribution in [3.05, 3.63) is 60.5 Å². The summed E-state index contributed by atoms with van der Waals surface area (Å²) in [4.78, 5) is 20.5. The molecule has 3 aromatic heterocycles. The molecule has 0 unspecified atom stereocenters. The molecule has 4 aromatic rings. The predicted octanol–water partition coefficient (Wildman–Crippen LogP) is 1.99. The van der Waals surface area contributed by atoms with E-state index in [9.17, 15) is 4.79 Å². The smallest absolute Gasteiger partial charge is 0.227 e. The minimum absolute atomic E-state index is 0.141. The second-order valence-electron chi connectivity index (χ2n) is 6.05. The van der Waals surface area contributed by atoms with Gasteiger partial charge in [0, 0.05) is 36.5 Å². The van der Waals surface area contributed by atoms with Gasteiger partial charge >= 0.3 is 0 Å². The number of amides is 1. The molecular weight excluding hydrogens is 360 g/mol. The van der Waals surface area contributed by atoms with Crippen molar-refractivity contribution in [2.75, 3.05) is 5.32 Å². The lowest BCUT2D eigenvalue weighted by atomic mass is 10.1. The molecule has 0 spiro atoms. The first-order valence-corrected chi connectivity index (χ1v) is 8.56. The molecule has 3 heterocycles. The molecule has 0 aliphatic rings. The summed E-state index contributed by atoms with van der Waals surface area (Å²) in [7, 11) is 0. The Labute approximate surface area is 159 Å². The zero-order valence-electron chi connectivity index (χ0n) is 15.0. The zero-order chi connectivity index (χ0) is 19.3. The summed E-state index contributed by atoms with van der Waals surface area (Å²) in [5.41, 5.74) is 3.29. The van der Waals surface area contributed by atoms with Crippen molar-refractivity contribution in [1.29, 1.82) is 0 Å². The Morgan fingerprint density at radius 1 is 1.21 bits per heavy atom. The number of nitrogens with zero attached hydrogens (tertiary/aromatic N) is 7. The van der Waals surface area contributed by atoms with Crippen LogP contribution in [0, 0.1) is 6.92 Å². The molecule has 4 rings (SSSR count). The summed E-state index contributed by atoms with van der Waals surface area (Å²) >= 11 is 0. The molecule has 0 saturated carbocycles. The first kappa shape index (κ1) is 17.5. The minimum atomic E-state index is -0.141. The summed E-state index contributed by atoms with van der Waals surface area (Å²) in [5, 5.41) is 17.9. The van der Waals surface area contributed by atoms with Crippen LogP contribution in [0.25, 0.3) is 17.1 Å². The van der Waals surface area contributed by atoms with Gasteiger partial charge in [0.1, 0.15) is 6.33 Å². The largest absolute Gasteiger partial charge is 0.339 e. The van der Waals surface area contributed by atoms with Gasteiger partial charge in [0.2, 0.25) is 17.6 Å². The average Bonchev–Trinajstić information content (AvgIpc) is 3.39. The Balaban J connectivity index is 1.35. The lowest BCUT2D eigenvalue weighted by Gasteiger charge is -2.08. The molecule has 0 aliphatic heterocycles. The number of rotatable bonds is 6. The van der Waals surface area contributed by atoms with E-state index in [-0.39, 0.29) is 12.3 Å². The molecule has 10 heteroatoms. The fourth-order valence-electron chi connectivity index (χ4n) is 2.68. The van der Waals surface area contributed by atoms with Crippen molar-refractivity contribution in [3.63, 3.8) is 0 Å². The number of benzene rings is 1. The highest BCUT2D eigenvalue weighted by atomic mass is 16.5. The molecule has 0 saturated heterocycles. The van der Waals surface area contributed by atoms with Gasteiger partial charge in [-0.2, -0.15) is 4.98 Å². The Bertz CT molecular complexity index is 1080. The van der Waals surface area contributed by atoms with Gasteiger partial charge in [0.05, 0.1) is 5.69 Å². The van der Waals surface area contributed by atoms with Crippen molar-refractivity contribution < 1.29 is 9.32 Å². The highest BCUT2D eigenvalue weighted by Crippen LogP contribution is 2.18. The monoisotopic (exact) mass is 376 g/mol. The van der Waals surface area contributed by atoms with E-state index in [0.717, 1.165) is 16.8 Å². The third kappa shape index (κ3) is 3.90. The maximum absolute atomic E-state index is 12.2. The molecule has 1 N–H and O–H groups in total. The van der Waals surface area contributed by atoms with Crippen LogP contribution in [0.15, 0.2) is 53.6 Å². The number of aromatic nitrogens is 7. The predicted molar refractivity (Wildman–Crippen MR) is 98.4 cm³/mol. The van der Waals surface area contributed by atoms with E-state index in [1.165, 1.54) is 6.33 Å². The number of hydrogen-bond donors (Lipinski definition) is 1. The van der Waals surface area contributed by atoms with Crippen LogP contribution in [-0.4, -0.2) is 41.2 Å². The highest BCUT2D eigenvalue weighted by Gasteiger charge is 2.11. The molecule has 0 radical (unpaired) electrons. The fraction of sp³-hybridized carbons (Fsp3) is 0.167. The SMILES string of the molecule is Cc1cc(NC(=O)CCc2nc(-c3ccncc3)no2)ccc1-n1cnnn1. The van der Waals surface area contributed by atoms with E-state index in [4.69, 9.17) is 4.52 Å². The highest BCUT2D eigenvalue weighted by molar-refractivity contribution is 5.91. The quantitative estimate of drug-likeness (QED) is 0.542. The van der Waals surface area contributed by atoms with Gasteiger partial charge in [-0.3, -0.25) is 9.78 Å². The van der Waals surface area contributed by atoms with Crippen LogP contribution in [0.3, 0.4) is 0 Å². The molecule has 28 heavy (non-hydrogen) atoms. The van der Waals surface area contributed by atoms with Gasteiger partial charge < -0.3 is 9.84 Å². The van der Waals surface area contributed by atoms with Crippen LogP contribution in [0.2, 0.25) is 0 Å². The molecule has 0 bridgehead atoms. The van der Waals surface area contributed by atoms with Gasteiger partial charge in [-0.15, -0.1) is 5.10 Å². The van der Waals surface area contributed by atoms with Crippen LogP contribution >= 0.6 is 0 Å². The Morgan fingerprint density at radius 2 is 2.07 bits per heavy atom. The number of carbonyl (C=O) groups excluding carboxylic acids is 1. The lowest BCUT2D eigenvalue weighted by Crippen LogP contribution is -2.13. The summed E-state index contributed by atoms with van der Waals surface area (Å²) < 4.78 is 6.78. The van der Waals surface area contributed by atoms with Crippen LogP contribution < -0.4 is 5.32 Å². The standard InChI is InChI=1S/C18H16N8O2/c1-12-10-14(2-3-15(12)26-11-20-24-25-26)21-16(27)4-5-17-22-18(23-28-17)13-6-8-19-9-7-13/h2-3,6-11H,4-5H2,1H3,(H,21,27). The summed E-state index contributed by atoms with van der Waals surface area (Å²) in [6.07, 6.45) is 5.42.